The first-order valence-corrected chi connectivity index (χ1v) is 9.90. The Bertz CT molecular complexity index is 973. The first-order valence-electron chi connectivity index (χ1n) is 9.90. The molecule has 0 spiro atoms. The topological polar surface area (TPSA) is 108 Å². The summed E-state index contributed by atoms with van der Waals surface area (Å²) in [5.74, 6) is -0.713. The van der Waals surface area contributed by atoms with Crippen LogP contribution in [0.25, 0.3) is 5.76 Å². The number of amides is 1. The number of methoxy groups -OCH3 is 2. The molecule has 1 amide bonds. The Morgan fingerprint density at radius 1 is 1.03 bits per heavy atom. The second kappa shape index (κ2) is 10.1. The van der Waals surface area contributed by atoms with Gasteiger partial charge in [-0.1, -0.05) is 36.4 Å². The lowest BCUT2D eigenvalue weighted by molar-refractivity contribution is -0.139. The first-order chi connectivity index (χ1) is 15.0. The van der Waals surface area contributed by atoms with Gasteiger partial charge in [-0.2, -0.15) is 0 Å². The molecule has 0 saturated carbocycles. The van der Waals surface area contributed by atoms with Gasteiger partial charge in [-0.3, -0.25) is 9.59 Å². The molecule has 1 fully saturated rings. The molecule has 1 atom stereocenters. The van der Waals surface area contributed by atoms with Gasteiger partial charge in [-0.05, 0) is 17.7 Å². The molecule has 164 valence electrons. The zero-order chi connectivity index (χ0) is 22.4. The van der Waals surface area contributed by atoms with E-state index in [1.165, 1.54) is 19.1 Å². The average Bonchev–Trinajstić information content (AvgIpc) is 3.06. The van der Waals surface area contributed by atoms with Crippen molar-refractivity contribution in [1.82, 2.24) is 10.2 Å². The van der Waals surface area contributed by atoms with Gasteiger partial charge in [-0.25, -0.2) is 0 Å². The van der Waals surface area contributed by atoms with E-state index in [2.05, 4.69) is 5.32 Å². The molecule has 0 aromatic heterocycles. The highest BCUT2D eigenvalue weighted by Crippen LogP contribution is 2.41. The van der Waals surface area contributed by atoms with Crippen LogP contribution < -0.4 is 14.8 Å². The van der Waals surface area contributed by atoms with Crippen LogP contribution in [0.2, 0.25) is 0 Å². The summed E-state index contributed by atoms with van der Waals surface area (Å²) >= 11 is 0. The van der Waals surface area contributed by atoms with Crippen molar-refractivity contribution < 1.29 is 29.3 Å². The second-order valence-corrected chi connectivity index (χ2v) is 6.95. The predicted octanol–water partition coefficient (Wildman–Crippen LogP) is 1.71. The summed E-state index contributed by atoms with van der Waals surface area (Å²) in [6, 6.07) is 13.0. The zero-order valence-corrected chi connectivity index (χ0v) is 17.5. The van der Waals surface area contributed by atoms with Gasteiger partial charge >= 0.3 is 0 Å². The Labute approximate surface area is 180 Å². The fourth-order valence-corrected chi connectivity index (χ4v) is 3.64. The van der Waals surface area contributed by atoms with Crippen molar-refractivity contribution in [1.29, 1.82) is 0 Å². The molecular weight excluding hydrogens is 400 g/mol. The van der Waals surface area contributed by atoms with Gasteiger partial charge in [-0.15, -0.1) is 0 Å². The molecule has 0 radical (unpaired) electrons. The molecule has 3 rings (SSSR count). The molecule has 3 N–H and O–H groups in total. The molecule has 8 heteroatoms. The van der Waals surface area contributed by atoms with Gasteiger partial charge in [0.1, 0.15) is 5.76 Å². The van der Waals surface area contributed by atoms with Crippen LogP contribution in [0, 0.1) is 0 Å². The Morgan fingerprint density at radius 2 is 1.74 bits per heavy atom. The fourth-order valence-electron chi connectivity index (χ4n) is 3.64. The minimum atomic E-state index is -0.795. The summed E-state index contributed by atoms with van der Waals surface area (Å²) in [4.78, 5) is 27.2. The monoisotopic (exact) mass is 426 g/mol. The van der Waals surface area contributed by atoms with Crippen molar-refractivity contribution >= 4 is 17.4 Å². The summed E-state index contributed by atoms with van der Waals surface area (Å²) in [5, 5.41) is 22.9. The molecule has 2 aromatic rings. The lowest BCUT2D eigenvalue weighted by atomic mass is 9.95. The van der Waals surface area contributed by atoms with Gasteiger partial charge in [0, 0.05) is 25.2 Å². The maximum Gasteiger partial charge on any atom is 0.295 e. The predicted molar refractivity (Wildman–Crippen MR) is 115 cm³/mol. The first kappa shape index (κ1) is 22.3. The standard InChI is InChI=1S/C23H26N2O6/c1-30-17-9-8-16(14-18(17)31-2)20-19(21(27)15-6-4-3-5-7-15)22(28)23(29)25(20)12-10-24-11-13-26/h3-9,14,20,24,26-27H,10-13H2,1-2H3/b21-19-. The average molecular weight is 426 g/mol. The van der Waals surface area contributed by atoms with Gasteiger partial charge in [0.05, 0.1) is 32.4 Å². The van der Waals surface area contributed by atoms with Gasteiger partial charge in [0.15, 0.2) is 11.5 Å². The van der Waals surface area contributed by atoms with Crippen molar-refractivity contribution in [2.24, 2.45) is 0 Å². The van der Waals surface area contributed by atoms with E-state index in [9.17, 15) is 14.7 Å². The fraction of sp³-hybridized carbons (Fsp3) is 0.304. The molecule has 2 aromatic carbocycles. The number of carbonyl (C=O) groups excluding carboxylic acids is 2. The number of hydrogen-bond acceptors (Lipinski definition) is 7. The van der Waals surface area contributed by atoms with Gasteiger partial charge < -0.3 is 29.9 Å². The van der Waals surface area contributed by atoms with Crippen LogP contribution in [0.1, 0.15) is 17.2 Å². The van der Waals surface area contributed by atoms with Crippen molar-refractivity contribution in [2.45, 2.75) is 6.04 Å². The highest BCUT2D eigenvalue weighted by Gasteiger charge is 2.46. The molecule has 1 saturated heterocycles. The quantitative estimate of drug-likeness (QED) is 0.242. The van der Waals surface area contributed by atoms with Crippen LogP contribution in [0.4, 0.5) is 0 Å². The number of hydrogen-bond donors (Lipinski definition) is 3. The number of Topliss-reactive ketones (excluding diaryl/α,β-unsaturated/α-hetero) is 1. The number of ketones is 1. The normalized spacial score (nSPS) is 17.8. The van der Waals surface area contributed by atoms with Gasteiger partial charge in [0.2, 0.25) is 0 Å². The van der Waals surface area contributed by atoms with E-state index in [1.807, 2.05) is 0 Å². The molecule has 0 aliphatic carbocycles. The summed E-state index contributed by atoms with van der Waals surface area (Å²) in [6.45, 7) is 0.929. The molecular formula is C23H26N2O6. The number of nitrogens with one attached hydrogen (secondary N) is 1. The summed E-state index contributed by atoms with van der Waals surface area (Å²) in [5.41, 5.74) is 1.08. The maximum absolute atomic E-state index is 13.0. The van der Waals surface area contributed by atoms with Crippen molar-refractivity contribution in [3.05, 3.63) is 65.2 Å². The van der Waals surface area contributed by atoms with Crippen LogP contribution in [0.5, 0.6) is 11.5 Å². The van der Waals surface area contributed by atoms with Crippen LogP contribution in [-0.2, 0) is 9.59 Å². The largest absolute Gasteiger partial charge is 0.507 e. The van der Waals surface area contributed by atoms with Crippen LogP contribution in [-0.4, -0.2) is 67.3 Å². The van der Waals surface area contributed by atoms with Crippen molar-refractivity contribution in [3.63, 3.8) is 0 Å². The van der Waals surface area contributed by atoms with Crippen LogP contribution in [0.3, 0.4) is 0 Å². The third-order valence-corrected chi connectivity index (χ3v) is 5.13. The minimum Gasteiger partial charge on any atom is -0.507 e. The van der Waals surface area contributed by atoms with E-state index in [1.54, 1.807) is 48.5 Å². The molecule has 1 unspecified atom stereocenters. The maximum atomic E-state index is 13.0. The number of likely N-dealkylation sites (tertiary alicyclic amines) is 1. The van der Waals surface area contributed by atoms with E-state index in [-0.39, 0.29) is 24.5 Å². The minimum absolute atomic E-state index is 0.0191. The van der Waals surface area contributed by atoms with Crippen molar-refractivity contribution in [2.75, 3.05) is 40.5 Å². The lowest BCUT2D eigenvalue weighted by Crippen LogP contribution is -2.36. The number of aliphatic hydroxyl groups is 2. The van der Waals surface area contributed by atoms with Crippen molar-refractivity contribution in [3.8, 4) is 11.5 Å². The van der Waals surface area contributed by atoms with E-state index < -0.39 is 17.7 Å². The van der Waals surface area contributed by atoms with E-state index in [4.69, 9.17) is 14.6 Å². The van der Waals surface area contributed by atoms with Gasteiger partial charge in [0.25, 0.3) is 11.7 Å². The Balaban J connectivity index is 2.10. The van der Waals surface area contributed by atoms with E-state index in [0.29, 0.717) is 35.7 Å². The van der Waals surface area contributed by atoms with Crippen LogP contribution >= 0.6 is 0 Å². The SMILES string of the molecule is COc1ccc(C2/C(=C(/O)c3ccccc3)C(=O)C(=O)N2CCNCCO)cc1OC. The highest BCUT2D eigenvalue weighted by molar-refractivity contribution is 6.46. The molecule has 1 heterocycles. The highest BCUT2D eigenvalue weighted by atomic mass is 16.5. The molecule has 1 aliphatic heterocycles. The number of ether oxygens (including phenoxy) is 2. The number of nitrogens with zero attached hydrogens (tertiary/aromatic N) is 1. The summed E-state index contributed by atoms with van der Waals surface area (Å²) in [7, 11) is 3.02. The Hall–Kier alpha value is -3.36. The smallest absolute Gasteiger partial charge is 0.295 e. The molecule has 8 nitrogen and oxygen atoms in total. The molecule has 1 aliphatic rings. The third-order valence-electron chi connectivity index (χ3n) is 5.13. The van der Waals surface area contributed by atoms with Crippen LogP contribution in [0.15, 0.2) is 54.1 Å². The van der Waals surface area contributed by atoms with E-state index in [0.717, 1.165) is 0 Å². The molecule has 31 heavy (non-hydrogen) atoms. The lowest BCUT2D eigenvalue weighted by Gasteiger charge is -2.26. The number of rotatable bonds is 9. The number of benzene rings is 2. The molecule has 0 bridgehead atoms. The zero-order valence-electron chi connectivity index (χ0n) is 17.5. The summed E-state index contributed by atoms with van der Waals surface area (Å²) < 4.78 is 10.7. The Morgan fingerprint density at radius 3 is 2.39 bits per heavy atom. The third kappa shape index (κ3) is 4.55. The number of carbonyl (C=O) groups is 2. The summed E-state index contributed by atoms with van der Waals surface area (Å²) in [6.07, 6.45) is 0. The number of aliphatic hydroxyl groups excluding tert-OH is 2. The second-order valence-electron chi connectivity index (χ2n) is 6.95. The Kier molecular flexibility index (Phi) is 7.28. The van der Waals surface area contributed by atoms with E-state index >= 15 is 0 Å².